The zero-order valence-electron chi connectivity index (χ0n) is 7.00. The minimum Gasteiger partial charge on any atom is -0.369 e. The van der Waals surface area contributed by atoms with Gasteiger partial charge in [0.1, 0.15) is 0 Å². The van der Waals surface area contributed by atoms with E-state index < -0.39 is 0 Å². The highest BCUT2D eigenvalue weighted by Crippen LogP contribution is 2.20. The fourth-order valence-corrected chi connectivity index (χ4v) is 1.93. The van der Waals surface area contributed by atoms with Gasteiger partial charge in [0, 0.05) is 10.8 Å². The van der Waals surface area contributed by atoms with Crippen molar-refractivity contribution in [2.75, 3.05) is 5.75 Å². The van der Waals surface area contributed by atoms with Crippen LogP contribution in [-0.2, 0) is 10.5 Å². The lowest BCUT2D eigenvalue weighted by Gasteiger charge is -2.01. The molecule has 4 heteroatoms. The topological polar surface area (TPSA) is 43.1 Å². The predicted molar refractivity (Wildman–Crippen MR) is 56.8 cm³/mol. The van der Waals surface area contributed by atoms with Crippen LogP contribution >= 0.6 is 23.4 Å². The molecule has 0 unspecified atom stereocenters. The molecule has 0 aliphatic heterocycles. The first-order valence-electron chi connectivity index (χ1n) is 3.79. The second-order valence-corrected chi connectivity index (χ2v) is 3.94. The molecule has 2 N–H and O–H groups in total. The molecule has 1 aromatic carbocycles. The average Bonchev–Trinajstić information content (AvgIpc) is 2.08. The van der Waals surface area contributed by atoms with Crippen molar-refractivity contribution in [2.45, 2.75) is 5.75 Å². The smallest absolute Gasteiger partial charge is 0.227 e. The van der Waals surface area contributed by atoms with Gasteiger partial charge < -0.3 is 5.73 Å². The Morgan fingerprint density at radius 2 is 2.15 bits per heavy atom. The summed E-state index contributed by atoms with van der Waals surface area (Å²) in [6.45, 7) is 0. The second kappa shape index (κ2) is 5.14. The molecule has 1 rings (SSSR count). The average molecular weight is 216 g/mol. The van der Waals surface area contributed by atoms with Gasteiger partial charge in [0.05, 0.1) is 5.75 Å². The van der Waals surface area contributed by atoms with E-state index in [9.17, 15) is 4.79 Å². The first-order chi connectivity index (χ1) is 6.20. The number of primary amides is 1. The molecule has 2 nitrogen and oxygen atoms in total. The maximum absolute atomic E-state index is 10.4. The van der Waals surface area contributed by atoms with E-state index in [2.05, 4.69) is 0 Å². The number of carbonyl (C=O) groups is 1. The molecule has 1 amide bonds. The van der Waals surface area contributed by atoms with Crippen LogP contribution in [0.15, 0.2) is 24.3 Å². The van der Waals surface area contributed by atoms with Gasteiger partial charge in [-0.1, -0.05) is 29.8 Å². The van der Waals surface area contributed by atoms with Crippen LogP contribution in [0.3, 0.4) is 0 Å². The van der Waals surface area contributed by atoms with Crippen LogP contribution in [0, 0.1) is 0 Å². The molecule has 0 saturated carbocycles. The van der Waals surface area contributed by atoms with Crippen molar-refractivity contribution < 1.29 is 4.79 Å². The van der Waals surface area contributed by atoms with Gasteiger partial charge in [0.2, 0.25) is 5.91 Å². The van der Waals surface area contributed by atoms with Crippen LogP contribution in [0.4, 0.5) is 0 Å². The fraction of sp³-hybridized carbons (Fsp3) is 0.222. The van der Waals surface area contributed by atoms with Gasteiger partial charge in [0.25, 0.3) is 0 Å². The van der Waals surface area contributed by atoms with Crippen molar-refractivity contribution in [2.24, 2.45) is 5.73 Å². The number of halogens is 1. The fourth-order valence-electron chi connectivity index (χ4n) is 0.877. The van der Waals surface area contributed by atoms with Crippen molar-refractivity contribution in [3.63, 3.8) is 0 Å². The number of hydrogen-bond acceptors (Lipinski definition) is 2. The Labute approximate surface area is 86.5 Å². The summed E-state index contributed by atoms with van der Waals surface area (Å²) in [5.41, 5.74) is 6.04. The number of rotatable bonds is 4. The van der Waals surface area contributed by atoms with Gasteiger partial charge in [-0.05, 0) is 11.6 Å². The highest BCUT2D eigenvalue weighted by atomic mass is 35.5. The third-order valence-corrected chi connectivity index (χ3v) is 2.83. The van der Waals surface area contributed by atoms with Gasteiger partial charge >= 0.3 is 0 Å². The van der Waals surface area contributed by atoms with Gasteiger partial charge in [-0.3, -0.25) is 4.79 Å². The summed E-state index contributed by atoms with van der Waals surface area (Å²) in [5.74, 6) is 0.769. The van der Waals surface area contributed by atoms with Crippen molar-refractivity contribution in [1.82, 2.24) is 0 Å². The first-order valence-corrected chi connectivity index (χ1v) is 5.33. The van der Waals surface area contributed by atoms with E-state index >= 15 is 0 Å². The number of amides is 1. The van der Waals surface area contributed by atoms with E-state index in [1.165, 1.54) is 11.8 Å². The van der Waals surface area contributed by atoms with Gasteiger partial charge in [-0.15, -0.1) is 11.8 Å². The lowest BCUT2D eigenvalue weighted by atomic mass is 10.2. The van der Waals surface area contributed by atoms with Crippen LogP contribution in [-0.4, -0.2) is 11.7 Å². The van der Waals surface area contributed by atoms with Crippen LogP contribution in [0.25, 0.3) is 0 Å². The quantitative estimate of drug-likeness (QED) is 0.836. The van der Waals surface area contributed by atoms with Crippen LogP contribution in [0.5, 0.6) is 0 Å². The number of hydrogen-bond donors (Lipinski definition) is 1. The largest absolute Gasteiger partial charge is 0.369 e. The van der Waals surface area contributed by atoms with E-state index in [4.69, 9.17) is 17.3 Å². The molecule has 0 spiro atoms. The van der Waals surface area contributed by atoms with Crippen LogP contribution < -0.4 is 5.73 Å². The van der Waals surface area contributed by atoms with E-state index in [0.29, 0.717) is 5.75 Å². The maximum atomic E-state index is 10.4. The third kappa shape index (κ3) is 3.70. The molecule has 0 aliphatic rings. The molecule has 0 fully saturated rings. The van der Waals surface area contributed by atoms with Crippen molar-refractivity contribution >= 4 is 29.3 Å². The number of benzene rings is 1. The van der Waals surface area contributed by atoms with Gasteiger partial charge in [-0.25, -0.2) is 0 Å². The third-order valence-electron chi connectivity index (χ3n) is 1.46. The molecular formula is C9H10ClNOS. The maximum Gasteiger partial charge on any atom is 0.227 e. The normalized spacial score (nSPS) is 9.92. The molecule has 0 bridgehead atoms. The Morgan fingerprint density at radius 3 is 2.77 bits per heavy atom. The van der Waals surface area contributed by atoms with Crippen molar-refractivity contribution in [3.8, 4) is 0 Å². The molecular weight excluding hydrogens is 206 g/mol. The SMILES string of the molecule is NC(=O)CSCc1ccccc1Cl. The zero-order valence-corrected chi connectivity index (χ0v) is 8.57. The molecule has 13 heavy (non-hydrogen) atoms. The van der Waals surface area contributed by atoms with Gasteiger partial charge in [-0.2, -0.15) is 0 Å². The summed E-state index contributed by atoms with van der Waals surface area (Å²) in [7, 11) is 0. The van der Waals surface area contributed by atoms with E-state index in [0.717, 1.165) is 16.3 Å². The van der Waals surface area contributed by atoms with Gasteiger partial charge in [0.15, 0.2) is 0 Å². The Morgan fingerprint density at radius 1 is 1.46 bits per heavy atom. The van der Waals surface area contributed by atoms with E-state index in [1.807, 2.05) is 24.3 Å². The summed E-state index contributed by atoms with van der Waals surface area (Å²) in [4.78, 5) is 10.4. The Kier molecular flexibility index (Phi) is 4.12. The molecule has 0 aromatic heterocycles. The molecule has 0 aliphatic carbocycles. The number of carbonyl (C=O) groups excluding carboxylic acids is 1. The zero-order chi connectivity index (χ0) is 9.68. The molecule has 70 valence electrons. The summed E-state index contributed by atoms with van der Waals surface area (Å²) in [5, 5.41) is 0.736. The molecule has 0 heterocycles. The molecule has 0 radical (unpaired) electrons. The van der Waals surface area contributed by atoms with Crippen LogP contribution in [0.2, 0.25) is 5.02 Å². The molecule has 1 aromatic rings. The van der Waals surface area contributed by atoms with Crippen molar-refractivity contribution in [3.05, 3.63) is 34.9 Å². The minimum absolute atomic E-state index is 0.294. The Balaban J connectivity index is 2.45. The van der Waals surface area contributed by atoms with E-state index in [-0.39, 0.29) is 5.91 Å². The summed E-state index contributed by atoms with van der Waals surface area (Å²) in [6.07, 6.45) is 0. The highest BCUT2D eigenvalue weighted by molar-refractivity contribution is 7.99. The summed E-state index contributed by atoms with van der Waals surface area (Å²) in [6, 6.07) is 7.58. The second-order valence-electron chi connectivity index (χ2n) is 2.55. The standard InChI is InChI=1S/C9H10ClNOS/c10-8-4-2-1-3-7(8)5-13-6-9(11)12/h1-4H,5-6H2,(H2,11,12). The van der Waals surface area contributed by atoms with Crippen LogP contribution in [0.1, 0.15) is 5.56 Å². The summed E-state index contributed by atoms with van der Waals surface area (Å²) < 4.78 is 0. The Bertz CT molecular complexity index is 303. The number of nitrogens with two attached hydrogens (primary N) is 1. The predicted octanol–water partition coefficient (Wildman–Crippen LogP) is 2.06. The minimum atomic E-state index is -0.294. The highest BCUT2D eigenvalue weighted by Gasteiger charge is 2.00. The van der Waals surface area contributed by atoms with Crippen molar-refractivity contribution in [1.29, 1.82) is 0 Å². The Hall–Kier alpha value is -0.670. The number of thioether (sulfide) groups is 1. The van der Waals surface area contributed by atoms with E-state index in [1.54, 1.807) is 0 Å². The lowest BCUT2D eigenvalue weighted by molar-refractivity contribution is -0.115. The summed E-state index contributed by atoms with van der Waals surface area (Å²) >= 11 is 7.38. The molecule has 0 atom stereocenters. The lowest BCUT2D eigenvalue weighted by Crippen LogP contribution is -2.13. The monoisotopic (exact) mass is 215 g/mol. The molecule has 0 saturated heterocycles. The first kappa shape index (κ1) is 10.4.